The molecule has 0 saturated carbocycles. The lowest BCUT2D eigenvalue weighted by Crippen LogP contribution is -2.44. The Morgan fingerprint density at radius 1 is 0.860 bits per heavy atom. The van der Waals surface area contributed by atoms with Gasteiger partial charge in [0.15, 0.2) is 9.84 Å². The molecule has 0 spiro atoms. The Bertz CT molecular complexity index is 1670. The minimum absolute atomic E-state index is 0.0520. The Labute approximate surface area is 257 Å². The maximum Gasteiger partial charge on any atom is 0.534 e. The first kappa shape index (κ1) is 34.3. The third kappa shape index (κ3) is 9.65. The highest BCUT2D eigenvalue weighted by Gasteiger charge is 2.38. The van der Waals surface area contributed by atoms with Crippen molar-refractivity contribution in [1.29, 1.82) is 0 Å². The maximum absolute atomic E-state index is 13.6. The van der Waals surface area contributed by atoms with Crippen LogP contribution in [-0.2, 0) is 39.9 Å². The quantitative estimate of drug-likeness (QED) is 0.214. The predicted octanol–water partition coefficient (Wildman–Crippen LogP) is 5.91. The molecule has 1 amide bonds. The van der Waals surface area contributed by atoms with Crippen LogP contribution in [0.4, 0.5) is 9.59 Å². The molecule has 0 radical (unpaired) electrons. The normalized spacial score (nSPS) is 13.5. The van der Waals surface area contributed by atoms with Crippen LogP contribution in [0.5, 0.6) is 0 Å². The number of carbonyl (C=O) groups is 2. The second kappa shape index (κ2) is 12.8. The van der Waals surface area contributed by atoms with Gasteiger partial charge in [-0.2, -0.15) is 0 Å². The molecule has 0 bridgehead atoms. The van der Waals surface area contributed by atoms with E-state index in [2.05, 4.69) is 0 Å². The predicted molar refractivity (Wildman–Crippen MR) is 165 cm³/mol. The molecule has 236 valence electrons. The van der Waals surface area contributed by atoms with Gasteiger partial charge in [-0.05, 0) is 93.8 Å². The number of amides is 1. The van der Waals surface area contributed by atoms with Crippen molar-refractivity contribution in [2.75, 3.05) is 19.8 Å². The Kier molecular flexibility index (Phi) is 10.2. The largest absolute Gasteiger partial charge is 0.534 e. The number of benzene rings is 2. The van der Waals surface area contributed by atoms with Crippen LogP contribution >= 0.6 is 11.3 Å². The number of carbonyl (C=O) groups excluding carboxylic acids is 2. The summed E-state index contributed by atoms with van der Waals surface area (Å²) in [6.45, 7) is 9.60. The zero-order valence-corrected chi connectivity index (χ0v) is 27.9. The number of thiophene rings is 1. The summed E-state index contributed by atoms with van der Waals surface area (Å²) in [7, 11) is -5.03. The number of nitrogens with zero attached hydrogens (tertiary/aromatic N) is 2. The first-order valence-electron chi connectivity index (χ1n) is 13.3. The van der Waals surface area contributed by atoms with Crippen LogP contribution in [0.3, 0.4) is 0 Å². The number of hydrogen-bond donors (Lipinski definition) is 0. The van der Waals surface area contributed by atoms with Gasteiger partial charge in [0.05, 0.1) is 16.4 Å². The molecular formula is C29H38N2O9S3. The van der Waals surface area contributed by atoms with E-state index in [0.717, 1.165) is 14.4 Å². The number of hydroxylamine groups is 2. The van der Waals surface area contributed by atoms with E-state index in [1.807, 2.05) is 17.5 Å². The van der Waals surface area contributed by atoms with Crippen LogP contribution in [0.2, 0.25) is 0 Å². The standard InChI is InChI=1S/C29H38N2O9S3/c1-28(2,3)38-26(32)31(40-27(33)39-29(4,5)6)24(21-10-12-23(13-11-21)43(36,37)30(7)8)19-42(34,35)18-20-9-14-25-22(17-20)15-16-41-25/h9-17,24H,18-19H2,1-8H3/t24-/m1/s1. The summed E-state index contributed by atoms with van der Waals surface area (Å²) >= 11 is 1.53. The van der Waals surface area contributed by atoms with Gasteiger partial charge in [0, 0.05) is 18.8 Å². The monoisotopic (exact) mass is 654 g/mol. The molecule has 1 atom stereocenters. The molecule has 0 saturated heterocycles. The van der Waals surface area contributed by atoms with E-state index in [-0.39, 0.29) is 16.2 Å². The summed E-state index contributed by atoms with van der Waals surface area (Å²) in [5.74, 6) is -1.05. The molecule has 0 N–H and O–H groups in total. The molecule has 0 aliphatic rings. The third-order valence-corrected chi connectivity index (χ3v) is 10.1. The van der Waals surface area contributed by atoms with Gasteiger partial charge in [0.1, 0.15) is 17.2 Å². The van der Waals surface area contributed by atoms with Gasteiger partial charge in [-0.3, -0.25) is 4.84 Å². The average molecular weight is 655 g/mol. The molecule has 3 aromatic rings. The van der Waals surface area contributed by atoms with Crippen molar-refractivity contribution in [3.05, 3.63) is 65.0 Å². The summed E-state index contributed by atoms with van der Waals surface area (Å²) in [6.07, 6.45) is -2.39. The fourth-order valence-electron chi connectivity index (χ4n) is 3.92. The molecule has 43 heavy (non-hydrogen) atoms. The minimum atomic E-state index is -3.98. The molecule has 1 heterocycles. The first-order chi connectivity index (χ1) is 19.7. The number of sulfonamides is 1. The van der Waals surface area contributed by atoms with Crippen molar-refractivity contribution in [3.63, 3.8) is 0 Å². The Hall–Kier alpha value is -3.20. The maximum atomic E-state index is 13.6. The second-order valence-electron chi connectivity index (χ2n) is 12.1. The van der Waals surface area contributed by atoms with Crippen molar-refractivity contribution in [1.82, 2.24) is 9.37 Å². The highest BCUT2D eigenvalue weighted by atomic mass is 32.2. The van der Waals surface area contributed by atoms with E-state index in [0.29, 0.717) is 10.6 Å². The SMILES string of the molecule is CN(C)S(=O)(=O)c1ccc([C@@H](CS(=O)(=O)Cc2ccc3sccc3c2)N(OC(=O)OC(C)(C)C)C(=O)OC(C)(C)C)cc1. The van der Waals surface area contributed by atoms with Crippen molar-refractivity contribution in [2.45, 2.75) is 69.4 Å². The van der Waals surface area contributed by atoms with E-state index < -0.39 is 55.1 Å². The fourth-order valence-corrected chi connectivity index (χ4v) is 7.20. The lowest BCUT2D eigenvalue weighted by Gasteiger charge is -2.32. The summed E-state index contributed by atoms with van der Waals surface area (Å²) in [4.78, 5) is 31.5. The van der Waals surface area contributed by atoms with Gasteiger partial charge in [-0.15, -0.1) is 16.4 Å². The van der Waals surface area contributed by atoms with E-state index in [1.165, 1.54) is 49.7 Å². The van der Waals surface area contributed by atoms with Crippen LogP contribution in [-0.4, -0.2) is 69.5 Å². The summed E-state index contributed by atoms with van der Waals surface area (Å²) in [6, 6.07) is 11.1. The molecule has 14 heteroatoms. The summed E-state index contributed by atoms with van der Waals surface area (Å²) in [5.41, 5.74) is -1.30. The van der Waals surface area contributed by atoms with Crippen molar-refractivity contribution in [2.24, 2.45) is 0 Å². The van der Waals surface area contributed by atoms with Gasteiger partial charge < -0.3 is 9.47 Å². The van der Waals surface area contributed by atoms with Gasteiger partial charge in [0.25, 0.3) is 0 Å². The molecule has 0 aliphatic carbocycles. The molecule has 2 aromatic carbocycles. The van der Waals surface area contributed by atoms with Crippen molar-refractivity contribution >= 4 is 53.5 Å². The van der Waals surface area contributed by atoms with Crippen LogP contribution in [0.1, 0.15) is 58.7 Å². The molecule has 0 aliphatic heterocycles. The topological polar surface area (TPSA) is 137 Å². The highest BCUT2D eigenvalue weighted by molar-refractivity contribution is 7.90. The Morgan fingerprint density at radius 2 is 1.47 bits per heavy atom. The Balaban J connectivity index is 2.08. The molecule has 11 nitrogen and oxygen atoms in total. The van der Waals surface area contributed by atoms with E-state index in [4.69, 9.17) is 14.3 Å². The van der Waals surface area contributed by atoms with Crippen molar-refractivity contribution in [3.8, 4) is 0 Å². The molecule has 1 aromatic heterocycles. The van der Waals surface area contributed by atoms with E-state index in [9.17, 15) is 26.4 Å². The average Bonchev–Trinajstić information content (AvgIpc) is 3.31. The van der Waals surface area contributed by atoms with Crippen molar-refractivity contribution < 1.29 is 40.7 Å². The number of fused-ring (bicyclic) bond motifs is 1. The van der Waals surface area contributed by atoms with E-state index in [1.54, 1.807) is 53.7 Å². The van der Waals surface area contributed by atoms with Gasteiger partial charge in [0.2, 0.25) is 10.0 Å². The second-order valence-corrected chi connectivity index (χ2v) is 17.3. The lowest BCUT2D eigenvalue weighted by molar-refractivity contribution is -0.153. The third-order valence-electron chi connectivity index (χ3n) is 5.78. The van der Waals surface area contributed by atoms with Gasteiger partial charge in [-0.1, -0.05) is 18.2 Å². The zero-order chi connectivity index (χ0) is 32.4. The Morgan fingerprint density at radius 3 is 2.02 bits per heavy atom. The number of ether oxygens (including phenoxy) is 2. The van der Waals surface area contributed by atoms with Crippen LogP contribution in [0, 0.1) is 0 Å². The van der Waals surface area contributed by atoms with Crippen LogP contribution in [0.25, 0.3) is 10.1 Å². The molecule has 0 unspecified atom stereocenters. The summed E-state index contributed by atoms with van der Waals surface area (Å²) < 4.78 is 65.4. The number of sulfone groups is 1. The number of hydrogen-bond acceptors (Lipinski definition) is 10. The molecule has 0 fully saturated rings. The zero-order valence-electron chi connectivity index (χ0n) is 25.5. The lowest BCUT2D eigenvalue weighted by atomic mass is 10.1. The van der Waals surface area contributed by atoms with E-state index >= 15 is 0 Å². The minimum Gasteiger partial charge on any atom is -0.442 e. The van der Waals surface area contributed by atoms with Crippen LogP contribution in [0.15, 0.2) is 58.8 Å². The number of rotatable bonds is 8. The molecule has 3 rings (SSSR count). The van der Waals surface area contributed by atoms with Gasteiger partial charge >= 0.3 is 12.2 Å². The van der Waals surface area contributed by atoms with Crippen LogP contribution < -0.4 is 0 Å². The first-order valence-corrected chi connectivity index (χ1v) is 17.4. The molecular weight excluding hydrogens is 617 g/mol. The fraction of sp³-hybridized carbons (Fsp3) is 0.448. The van der Waals surface area contributed by atoms with Gasteiger partial charge in [-0.25, -0.2) is 30.7 Å². The smallest absolute Gasteiger partial charge is 0.442 e. The highest BCUT2D eigenvalue weighted by Crippen LogP contribution is 2.30. The summed E-state index contributed by atoms with van der Waals surface area (Å²) in [5, 5.41) is 3.34.